The normalized spacial score (nSPS) is 10.3. The third-order valence-corrected chi connectivity index (χ3v) is 4.10. The number of esters is 2. The molecule has 0 radical (unpaired) electrons. The van der Waals surface area contributed by atoms with E-state index in [4.69, 9.17) is 9.47 Å². The molecule has 0 fully saturated rings. The van der Waals surface area contributed by atoms with Crippen LogP contribution < -0.4 is 0 Å². The minimum Gasteiger partial charge on any atom is -0.507 e. The second-order valence-corrected chi connectivity index (χ2v) is 7.67. The first kappa shape index (κ1) is 25.0. The van der Waals surface area contributed by atoms with Crippen LogP contribution in [-0.2, 0) is 9.47 Å². The fourth-order valence-electron chi connectivity index (χ4n) is 2.22. The quantitative estimate of drug-likeness (QED) is 0.575. The molecule has 2 rings (SSSR count). The summed E-state index contributed by atoms with van der Waals surface area (Å²) in [5.41, 5.74) is 0.447. The lowest BCUT2D eigenvalue weighted by Crippen LogP contribution is -2.08. The Labute approximate surface area is 178 Å². The van der Waals surface area contributed by atoms with E-state index in [1.54, 1.807) is 36.4 Å². The van der Waals surface area contributed by atoms with Crippen molar-refractivity contribution in [1.29, 1.82) is 0 Å². The summed E-state index contributed by atoms with van der Waals surface area (Å²) in [6.45, 7) is 9.04. The molecule has 6 nitrogen and oxygen atoms in total. The van der Waals surface area contributed by atoms with E-state index in [0.29, 0.717) is 25.0 Å². The Bertz CT molecular complexity index is 730. The molecule has 6 heteroatoms. The molecule has 0 bridgehead atoms. The summed E-state index contributed by atoms with van der Waals surface area (Å²) in [7, 11) is 0. The predicted octanol–water partition coefficient (Wildman–Crippen LogP) is 5.19. The maximum absolute atomic E-state index is 11.5. The largest absolute Gasteiger partial charge is 0.507 e. The van der Waals surface area contributed by atoms with Gasteiger partial charge in [-0.2, -0.15) is 0 Å². The average molecular weight is 417 g/mol. The lowest BCUT2D eigenvalue weighted by Gasteiger charge is -2.07. The van der Waals surface area contributed by atoms with Crippen LogP contribution in [0.15, 0.2) is 48.5 Å². The molecule has 0 unspecified atom stereocenters. The van der Waals surface area contributed by atoms with Gasteiger partial charge < -0.3 is 19.7 Å². The molecule has 0 aliphatic heterocycles. The van der Waals surface area contributed by atoms with Crippen LogP contribution in [0.5, 0.6) is 11.5 Å². The first-order valence-corrected chi connectivity index (χ1v) is 10.1. The summed E-state index contributed by atoms with van der Waals surface area (Å²) in [6.07, 6.45) is 1.67. The fraction of sp³-hybridized carbons (Fsp3) is 0.417. The second kappa shape index (κ2) is 13.2. The molecule has 0 spiro atoms. The Balaban J connectivity index is 0.000000300. The van der Waals surface area contributed by atoms with Gasteiger partial charge in [-0.05, 0) is 48.9 Å². The van der Waals surface area contributed by atoms with E-state index in [9.17, 15) is 19.8 Å². The lowest BCUT2D eigenvalue weighted by molar-refractivity contribution is 0.0474. The molecule has 0 aromatic heterocycles. The van der Waals surface area contributed by atoms with Crippen molar-refractivity contribution < 1.29 is 29.3 Å². The number of phenols is 2. The van der Waals surface area contributed by atoms with E-state index >= 15 is 0 Å². The van der Waals surface area contributed by atoms with E-state index in [1.165, 1.54) is 12.1 Å². The van der Waals surface area contributed by atoms with Crippen molar-refractivity contribution >= 4 is 11.9 Å². The molecule has 164 valence electrons. The topological polar surface area (TPSA) is 93.1 Å². The highest BCUT2D eigenvalue weighted by Crippen LogP contribution is 2.17. The zero-order chi connectivity index (χ0) is 22.5. The Morgan fingerprint density at radius 3 is 1.33 bits per heavy atom. The number of rotatable bonds is 8. The summed E-state index contributed by atoms with van der Waals surface area (Å²) in [4.78, 5) is 22.9. The van der Waals surface area contributed by atoms with Crippen molar-refractivity contribution in [3.63, 3.8) is 0 Å². The van der Waals surface area contributed by atoms with Gasteiger partial charge in [0, 0.05) is 0 Å². The number of ether oxygens (including phenoxy) is 2. The van der Waals surface area contributed by atoms with Crippen LogP contribution >= 0.6 is 0 Å². The van der Waals surface area contributed by atoms with E-state index in [-0.39, 0.29) is 22.6 Å². The minimum atomic E-state index is -0.464. The molecular formula is C24H32O6. The molecular weight excluding hydrogens is 384 g/mol. The standard InChI is InChI=1S/2C12H16O3/c2*1-9(2)7-8-15-12(14)10-5-3-4-6-11(10)13/h2*3-6,9,13H,7-8H2,1-2H3. The number of carbonyl (C=O) groups is 2. The number of para-hydroxylation sites is 2. The number of hydrogen-bond donors (Lipinski definition) is 2. The van der Waals surface area contributed by atoms with Crippen LogP contribution in [0.1, 0.15) is 61.3 Å². The van der Waals surface area contributed by atoms with E-state index in [0.717, 1.165) is 12.8 Å². The van der Waals surface area contributed by atoms with Crippen molar-refractivity contribution in [2.75, 3.05) is 13.2 Å². The van der Waals surface area contributed by atoms with Crippen LogP contribution in [0.25, 0.3) is 0 Å². The zero-order valence-electron chi connectivity index (χ0n) is 18.1. The molecule has 0 aliphatic rings. The molecule has 2 N–H and O–H groups in total. The molecule has 2 aromatic carbocycles. The summed E-state index contributed by atoms with van der Waals surface area (Å²) in [5.74, 6) is 0.00549. The first-order valence-electron chi connectivity index (χ1n) is 10.1. The van der Waals surface area contributed by atoms with Gasteiger partial charge in [0.25, 0.3) is 0 Å². The van der Waals surface area contributed by atoms with Crippen molar-refractivity contribution in [2.45, 2.75) is 40.5 Å². The monoisotopic (exact) mass is 416 g/mol. The number of hydrogen-bond acceptors (Lipinski definition) is 6. The molecule has 30 heavy (non-hydrogen) atoms. The molecule has 0 saturated carbocycles. The van der Waals surface area contributed by atoms with Gasteiger partial charge in [0.05, 0.1) is 13.2 Å². The van der Waals surface area contributed by atoms with Crippen LogP contribution in [-0.4, -0.2) is 35.4 Å². The Kier molecular flexibility index (Phi) is 11.0. The van der Waals surface area contributed by atoms with Crippen molar-refractivity contribution in [2.24, 2.45) is 11.8 Å². The van der Waals surface area contributed by atoms with Crippen LogP contribution in [0, 0.1) is 11.8 Å². The molecule has 0 atom stereocenters. The highest BCUT2D eigenvalue weighted by molar-refractivity contribution is 5.92. The van der Waals surface area contributed by atoms with E-state index in [2.05, 4.69) is 27.7 Å². The summed E-state index contributed by atoms with van der Waals surface area (Å²) in [6, 6.07) is 12.8. The first-order chi connectivity index (χ1) is 14.2. The van der Waals surface area contributed by atoms with Gasteiger partial charge in [0.1, 0.15) is 22.6 Å². The van der Waals surface area contributed by atoms with Gasteiger partial charge in [-0.3, -0.25) is 0 Å². The summed E-state index contributed by atoms with van der Waals surface area (Å²) < 4.78 is 10.0. The van der Waals surface area contributed by atoms with Gasteiger partial charge >= 0.3 is 11.9 Å². The fourth-order valence-corrected chi connectivity index (χ4v) is 2.22. The highest BCUT2D eigenvalue weighted by Gasteiger charge is 2.12. The van der Waals surface area contributed by atoms with Crippen molar-refractivity contribution in [3.05, 3.63) is 59.7 Å². The summed E-state index contributed by atoms with van der Waals surface area (Å²) >= 11 is 0. The van der Waals surface area contributed by atoms with Crippen LogP contribution in [0.2, 0.25) is 0 Å². The maximum atomic E-state index is 11.5. The lowest BCUT2D eigenvalue weighted by atomic mass is 10.1. The third kappa shape index (κ3) is 9.45. The van der Waals surface area contributed by atoms with Crippen LogP contribution in [0.4, 0.5) is 0 Å². The molecule has 0 amide bonds. The Morgan fingerprint density at radius 2 is 1.03 bits per heavy atom. The zero-order valence-corrected chi connectivity index (χ0v) is 18.1. The number of benzene rings is 2. The third-order valence-electron chi connectivity index (χ3n) is 4.10. The second-order valence-electron chi connectivity index (χ2n) is 7.67. The Morgan fingerprint density at radius 1 is 0.700 bits per heavy atom. The van der Waals surface area contributed by atoms with E-state index < -0.39 is 11.9 Å². The number of carbonyl (C=O) groups excluding carboxylic acids is 2. The van der Waals surface area contributed by atoms with Gasteiger partial charge in [0.15, 0.2) is 0 Å². The van der Waals surface area contributed by atoms with Gasteiger partial charge in [0.2, 0.25) is 0 Å². The van der Waals surface area contributed by atoms with Crippen LogP contribution in [0.3, 0.4) is 0 Å². The van der Waals surface area contributed by atoms with Gasteiger partial charge in [-0.15, -0.1) is 0 Å². The maximum Gasteiger partial charge on any atom is 0.341 e. The van der Waals surface area contributed by atoms with Crippen molar-refractivity contribution in [3.8, 4) is 11.5 Å². The average Bonchev–Trinajstić information content (AvgIpc) is 2.68. The summed E-state index contributed by atoms with van der Waals surface area (Å²) in [5, 5.41) is 18.8. The molecule has 0 saturated heterocycles. The van der Waals surface area contributed by atoms with Gasteiger partial charge in [-0.25, -0.2) is 9.59 Å². The van der Waals surface area contributed by atoms with E-state index in [1.807, 2.05) is 0 Å². The SMILES string of the molecule is CC(C)CCOC(=O)c1ccccc1O.CC(C)CCOC(=O)c1ccccc1O. The highest BCUT2D eigenvalue weighted by atomic mass is 16.5. The molecule has 0 heterocycles. The predicted molar refractivity (Wildman–Crippen MR) is 116 cm³/mol. The number of phenolic OH excluding ortho intramolecular Hbond substituents is 2. The number of aromatic hydroxyl groups is 2. The van der Waals surface area contributed by atoms with Gasteiger partial charge in [-0.1, -0.05) is 52.0 Å². The minimum absolute atomic E-state index is 0.0351. The van der Waals surface area contributed by atoms with Crippen molar-refractivity contribution in [1.82, 2.24) is 0 Å². The molecule has 2 aromatic rings. The Hall–Kier alpha value is -3.02. The smallest absolute Gasteiger partial charge is 0.341 e. The molecule has 0 aliphatic carbocycles.